The van der Waals surface area contributed by atoms with Crippen LogP contribution in [0.25, 0.3) is 0 Å². The van der Waals surface area contributed by atoms with Gasteiger partial charge in [0, 0.05) is 6.54 Å². The highest BCUT2D eigenvalue weighted by Gasteiger charge is 2.59. The molecule has 7 nitrogen and oxygen atoms in total. The summed E-state index contributed by atoms with van der Waals surface area (Å²) in [5.41, 5.74) is -0.0596. The maximum absolute atomic E-state index is 13.3. The third-order valence-electron chi connectivity index (χ3n) is 6.20. The molecule has 28 heavy (non-hydrogen) atoms. The predicted octanol–water partition coefficient (Wildman–Crippen LogP) is 2.62. The van der Waals surface area contributed by atoms with Gasteiger partial charge in [0.1, 0.15) is 12.1 Å². The number of amides is 2. The van der Waals surface area contributed by atoms with Gasteiger partial charge in [-0.2, -0.15) is 5.26 Å². The van der Waals surface area contributed by atoms with E-state index in [1.807, 2.05) is 19.1 Å². The summed E-state index contributed by atoms with van der Waals surface area (Å²) in [6.45, 7) is 6.41. The molecule has 0 N–H and O–H groups in total. The number of piperazine rings is 1. The zero-order valence-corrected chi connectivity index (χ0v) is 16.5. The van der Waals surface area contributed by atoms with E-state index < -0.39 is 23.5 Å². The smallest absolute Gasteiger partial charge is 0.246 e. The molecule has 2 saturated heterocycles. The number of ether oxygens (including phenoxy) is 2. The Bertz CT molecular complexity index is 864. The molecule has 4 rings (SSSR count). The molecule has 0 aliphatic carbocycles. The van der Waals surface area contributed by atoms with Gasteiger partial charge in [0.05, 0.1) is 17.5 Å². The van der Waals surface area contributed by atoms with E-state index in [-0.39, 0.29) is 18.6 Å². The van der Waals surface area contributed by atoms with Crippen LogP contribution < -0.4 is 9.47 Å². The van der Waals surface area contributed by atoms with Gasteiger partial charge < -0.3 is 19.3 Å². The van der Waals surface area contributed by atoms with Crippen molar-refractivity contribution in [2.24, 2.45) is 5.41 Å². The summed E-state index contributed by atoms with van der Waals surface area (Å²) in [7, 11) is 0. The fourth-order valence-electron chi connectivity index (χ4n) is 4.67. The van der Waals surface area contributed by atoms with Crippen molar-refractivity contribution in [3.05, 3.63) is 23.8 Å². The van der Waals surface area contributed by atoms with Crippen LogP contribution in [-0.4, -0.2) is 47.0 Å². The Labute approximate surface area is 164 Å². The van der Waals surface area contributed by atoms with Crippen molar-refractivity contribution in [3.63, 3.8) is 0 Å². The maximum Gasteiger partial charge on any atom is 0.246 e. The van der Waals surface area contributed by atoms with Crippen molar-refractivity contribution >= 4 is 11.8 Å². The van der Waals surface area contributed by atoms with E-state index in [9.17, 15) is 14.9 Å². The van der Waals surface area contributed by atoms with Crippen LogP contribution in [0.3, 0.4) is 0 Å². The van der Waals surface area contributed by atoms with Crippen molar-refractivity contribution in [1.29, 1.82) is 5.26 Å². The number of carbonyl (C=O) groups excluding carboxylic acids is 2. The standard InChI is InChI=1S/C21H25N3O4/c1-4-5-8-23-13(2)19(25)24-15(20(23)26)10-21(3,11-22)18(24)14-6-7-16-17(9-14)28-12-27-16/h6-7,9,13,15,18H,4-5,8,10,12H2,1-3H3. The van der Waals surface area contributed by atoms with Gasteiger partial charge in [-0.05, 0) is 44.4 Å². The largest absolute Gasteiger partial charge is 0.454 e. The second-order valence-corrected chi connectivity index (χ2v) is 8.07. The van der Waals surface area contributed by atoms with Gasteiger partial charge in [-0.1, -0.05) is 19.4 Å². The van der Waals surface area contributed by atoms with Crippen LogP contribution in [0.5, 0.6) is 11.5 Å². The first-order chi connectivity index (χ1) is 13.4. The molecule has 1 aromatic rings. The second kappa shape index (κ2) is 6.69. The molecule has 2 fully saturated rings. The average Bonchev–Trinajstić information content (AvgIpc) is 3.28. The van der Waals surface area contributed by atoms with Gasteiger partial charge in [0.2, 0.25) is 18.6 Å². The minimum atomic E-state index is -0.857. The summed E-state index contributed by atoms with van der Waals surface area (Å²) < 4.78 is 10.9. The van der Waals surface area contributed by atoms with Crippen LogP contribution in [0.2, 0.25) is 0 Å². The molecular weight excluding hydrogens is 358 g/mol. The Kier molecular flexibility index (Phi) is 4.45. The van der Waals surface area contributed by atoms with Crippen LogP contribution in [0.4, 0.5) is 0 Å². The number of hydrogen-bond acceptors (Lipinski definition) is 5. The lowest BCUT2D eigenvalue weighted by Gasteiger charge is -2.43. The van der Waals surface area contributed by atoms with E-state index in [1.54, 1.807) is 22.8 Å². The quantitative estimate of drug-likeness (QED) is 0.798. The fourth-order valence-corrected chi connectivity index (χ4v) is 4.67. The number of unbranched alkanes of at least 4 members (excludes halogenated alkanes) is 1. The van der Waals surface area contributed by atoms with Crippen LogP contribution >= 0.6 is 0 Å². The normalized spacial score (nSPS) is 31.1. The molecule has 3 heterocycles. The van der Waals surface area contributed by atoms with E-state index >= 15 is 0 Å². The summed E-state index contributed by atoms with van der Waals surface area (Å²) in [5, 5.41) is 9.97. The molecule has 148 valence electrons. The Morgan fingerprint density at radius 2 is 2.00 bits per heavy atom. The highest BCUT2D eigenvalue weighted by Crippen LogP contribution is 2.52. The first kappa shape index (κ1) is 18.6. The molecule has 0 spiro atoms. The van der Waals surface area contributed by atoms with Crippen molar-refractivity contribution < 1.29 is 19.1 Å². The van der Waals surface area contributed by atoms with Gasteiger partial charge in [0.25, 0.3) is 0 Å². The van der Waals surface area contributed by atoms with Crippen molar-refractivity contribution in [3.8, 4) is 17.6 Å². The first-order valence-corrected chi connectivity index (χ1v) is 9.84. The number of benzene rings is 1. The Morgan fingerprint density at radius 1 is 1.25 bits per heavy atom. The zero-order valence-electron chi connectivity index (χ0n) is 16.5. The summed E-state index contributed by atoms with van der Waals surface area (Å²) in [6.07, 6.45) is 2.15. The highest BCUT2D eigenvalue weighted by molar-refractivity contribution is 5.98. The molecule has 0 radical (unpaired) electrons. The van der Waals surface area contributed by atoms with Crippen LogP contribution in [0.1, 0.15) is 51.6 Å². The number of hydrogen-bond donors (Lipinski definition) is 0. The molecule has 0 saturated carbocycles. The first-order valence-electron chi connectivity index (χ1n) is 9.84. The lowest BCUT2D eigenvalue weighted by atomic mass is 9.79. The summed E-state index contributed by atoms with van der Waals surface area (Å²) in [6, 6.07) is 6.27. The van der Waals surface area contributed by atoms with E-state index in [0.717, 1.165) is 18.4 Å². The van der Waals surface area contributed by atoms with Crippen molar-refractivity contribution in [1.82, 2.24) is 9.80 Å². The van der Waals surface area contributed by atoms with Gasteiger partial charge >= 0.3 is 0 Å². The van der Waals surface area contributed by atoms with Gasteiger partial charge in [0.15, 0.2) is 11.5 Å². The molecule has 2 amide bonds. The topological polar surface area (TPSA) is 82.9 Å². The molecule has 1 aromatic carbocycles. The van der Waals surface area contributed by atoms with Gasteiger partial charge in [-0.25, -0.2) is 0 Å². The zero-order chi connectivity index (χ0) is 20.1. The molecule has 3 aliphatic rings. The summed E-state index contributed by atoms with van der Waals surface area (Å²) in [4.78, 5) is 29.9. The lowest BCUT2D eigenvalue weighted by Crippen LogP contribution is -2.62. The lowest BCUT2D eigenvalue weighted by molar-refractivity contribution is -0.160. The highest BCUT2D eigenvalue weighted by atomic mass is 16.7. The monoisotopic (exact) mass is 383 g/mol. The minimum absolute atomic E-state index is 0.0507. The number of rotatable bonds is 4. The maximum atomic E-state index is 13.3. The Hall–Kier alpha value is -2.75. The number of nitrogens with zero attached hydrogens (tertiary/aromatic N) is 3. The van der Waals surface area contributed by atoms with Crippen LogP contribution in [-0.2, 0) is 9.59 Å². The van der Waals surface area contributed by atoms with Crippen LogP contribution in [0, 0.1) is 16.7 Å². The number of nitriles is 1. The van der Waals surface area contributed by atoms with Gasteiger partial charge in [-0.3, -0.25) is 9.59 Å². The van der Waals surface area contributed by atoms with Gasteiger partial charge in [-0.15, -0.1) is 0 Å². The van der Waals surface area contributed by atoms with Crippen molar-refractivity contribution in [2.75, 3.05) is 13.3 Å². The molecule has 4 unspecified atom stereocenters. The third kappa shape index (κ3) is 2.62. The molecule has 0 aromatic heterocycles. The van der Waals surface area contributed by atoms with E-state index in [4.69, 9.17) is 9.47 Å². The summed E-state index contributed by atoms with van der Waals surface area (Å²) in [5.74, 6) is 1.11. The second-order valence-electron chi connectivity index (χ2n) is 8.07. The fraction of sp³-hybridized carbons (Fsp3) is 0.571. The van der Waals surface area contributed by atoms with E-state index in [2.05, 4.69) is 13.0 Å². The van der Waals surface area contributed by atoms with Crippen molar-refractivity contribution in [2.45, 2.75) is 58.2 Å². The molecule has 4 atom stereocenters. The average molecular weight is 383 g/mol. The van der Waals surface area contributed by atoms with E-state index in [1.165, 1.54) is 0 Å². The number of fused-ring (bicyclic) bond motifs is 2. The van der Waals surface area contributed by atoms with E-state index in [0.29, 0.717) is 24.5 Å². The summed E-state index contributed by atoms with van der Waals surface area (Å²) >= 11 is 0. The van der Waals surface area contributed by atoms with Crippen LogP contribution in [0.15, 0.2) is 18.2 Å². The third-order valence-corrected chi connectivity index (χ3v) is 6.20. The molecule has 3 aliphatic heterocycles. The number of carbonyl (C=O) groups is 2. The molecule has 7 heteroatoms. The molecule has 0 bridgehead atoms. The SMILES string of the molecule is CCCCN1C(=O)C2CC(C)(C#N)C(c3ccc4c(c3)OCO4)N2C(=O)C1C. The molecular formula is C21H25N3O4. The predicted molar refractivity (Wildman–Crippen MR) is 100 cm³/mol. The minimum Gasteiger partial charge on any atom is -0.454 e. The Balaban J connectivity index is 1.74. The Morgan fingerprint density at radius 3 is 2.71 bits per heavy atom.